The van der Waals surface area contributed by atoms with Gasteiger partial charge in [-0.05, 0) is 24.6 Å². The van der Waals surface area contributed by atoms with Crippen LogP contribution in [0.4, 0.5) is 0 Å². The van der Waals surface area contributed by atoms with Crippen LogP contribution in [-0.4, -0.2) is 15.2 Å². The lowest BCUT2D eigenvalue weighted by molar-refractivity contribution is -0.138. The van der Waals surface area contributed by atoms with Crippen LogP contribution in [-0.2, 0) is 4.79 Å². The molecule has 1 unspecified atom stereocenters. The third kappa shape index (κ3) is 1.78. The number of halogens is 1. The van der Waals surface area contributed by atoms with E-state index in [1.54, 1.807) is 11.0 Å². The highest BCUT2D eigenvalue weighted by Crippen LogP contribution is 2.31. The third-order valence-corrected chi connectivity index (χ3v) is 3.87. The minimum atomic E-state index is -0.836. The summed E-state index contributed by atoms with van der Waals surface area (Å²) in [6.45, 7) is 1.67. The quantitative estimate of drug-likeness (QED) is 0.767. The third-order valence-electron chi connectivity index (χ3n) is 3.51. The molecule has 0 spiro atoms. The Kier molecular flexibility index (Phi) is 2.72. The number of carboxylic acids is 1. The minimum Gasteiger partial charge on any atom is -0.481 e. The van der Waals surface area contributed by atoms with Crippen molar-refractivity contribution in [3.8, 4) is 0 Å². The molecule has 19 heavy (non-hydrogen) atoms. The minimum absolute atomic E-state index is 0.543. The summed E-state index contributed by atoms with van der Waals surface area (Å²) >= 11 is 6.32. The summed E-state index contributed by atoms with van der Waals surface area (Å²) in [5.41, 5.74) is 2.53. The van der Waals surface area contributed by atoms with Gasteiger partial charge in [-0.3, -0.25) is 8.88 Å². The predicted octanol–water partition coefficient (Wildman–Crippen LogP) is 3.98. The first-order chi connectivity index (χ1) is 9.09. The molecular weight excluding hydrogens is 262 g/mol. The Morgan fingerprint density at radius 2 is 1.84 bits per heavy atom. The number of para-hydroxylation sites is 1. The van der Waals surface area contributed by atoms with E-state index in [1.807, 2.05) is 42.5 Å². The average molecular weight is 274 g/mol. The van der Waals surface area contributed by atoms with Crippen molar-refractivity contribution in [2.45, 2.75) is 12.8 Å². The van der Waals surface area contributed by atoms with Gasteiger partial charge in [0.2, 0.25) is 0 Å². The van der Waals surface area contributed by atoms with Crippen molar-refractivity contribution in [1.82, 2.24) is 4.09 Å². The van der Waals surface area contributed by atoms with Gasteiger partial charge in [0.15, 0.2) is 0 Å². The molecular formula is C15H12ClNO2. The normalized spacial score (nSPS) is 12.9. The van der Waals surface area contributed by atoms with E-state index in [0.717, 1.165) is 27.4 Å². The summed E-state index contributed by atoms with van der Waals surface area (Å²) in [4.78, 5) is 11.1. The fourth-order valence-corrected chi connectivity index (χ4v) is 2.64. The highest BCUT2D eigenvalue weighted by molar-refractivity contribution is 6.26. The summed E-state index contributed by atoms with van der Waals surface area (Å²) < 4.78 is 1.59. The van der Waals surface area contributed by atoms with Crippen LogP contribution < -0.4 is 0 Å². The fourth-order valence-electron chi connectivity index (χ4n) is 2.35. The van der Waals surface area contributed by atoms with Crippen LogP contribution in [0.5, 0.6) is 0 Å². The molecule has 0 aliphatic rings. The van der Waals surface area contributed by atoms with Crippen LogP contribution in [0.1, 0.15) is 18.4 Å². The number of nitrogens with zero attached hydrogens (tertiary/aromatic N) is 1. The predicted molar refractivity (Wildman–Crippen MR) is 76.7 cm³/mol. The molecule has 1 heterocycles. The highest BCUT2D eigenvalue weighted by atomic mass is 35.5. The van der Waals surface area contributed by atoms with Gasteiger partial charge in [0.1, 0.15) is 0 Å². The first kappa shape index (κ1) is 12.1. The summed E-state index contributed by atoms with van der Waals surface area (Å²) in [5.74, 6) is -1.38. The summed E-state index contributed by atoms with van der Waals surface area (Å²) in [7, 11) is 0. The van der Waals surface area contributed by atoms with Gasteiger partial charge in [-0.15, -0.1) is 0 Å². The highest BCUT2D eigenvalue weighted by Gasteiger charge is 2.16. The second-order valence-corrected chi connectivity index (χ2v) is 4.97. The molecule has 1 atom stereocenters. The van der Waals surface area contributed by atoms with Crippen molar-refractivity contribution in [3.05, 3.63) is 48.0 Å². The second kappa shape index (κ2) is 4.28. The summed E-state index contributed by atoms with van der Waals surface area (Å²) in [5, 5.41) is 11.2. The molecule has 3 aromatic rings. The van der Waals surface area contributed by atoms with E-state index in [9.17, 15) is 4.79 Å². The molecule has 0 aliphatic heterocycles. The van der Waals surface area contributed by atoms with Gasteiger partial charge < -0.3 is 5.11 Å². The van der Waals surface area contributed by atoms with E-state index >= 15 is 0 Å². The maximum Gasteiger partial charge on any atom is 0.310 e. The van der Waals surface area contributed by atoms with Gasteiger partial charge in [-0.2, -0.15) is 0 Å². The van der Waals surface area contributed by atoms with Crippen LogP contribution in [0, 0.1) is 0 Å². The number of hydrogen-bond donors (Lipinski definition) is 1. The second-order valence-electron chi connectivity index (χ2n) is 4.63. The average Bonchev–Trinajstić information content (AvgIpc) is 2.72. The van der Waals surface area contributed by atoms with Gasteiger partial charge >= 0.3 is 5.97 Å². The van der Waals surface area contributed by atoms with Gasteiger partial charge in [-0.25, -0.2) is 0 Å². The summed E-state index contributed by atoms with van der Waals surface area (Å²) in [6, 6.07) is 13.5. The number of benzene rings is 2. The largest absolute Gasteiger partial charge is 0.481 e. The molecule has 0 amide bonds. The monoisotopic (exact) mass is 273 g/mol. The molecule has 96 valence electrons. The van der Waals surface area contributed by atoms with Crippen molar-refractivity contribution in [2.24, 2.45) is 0 Å². The maximum atomic E-state index is 11.1. The SMILES string of the molecule is CC(C(=O)O)c1ccc2c3ccccc3n(Cl)c2c1. The van der Waals surface area contributed by atoms with E-state index in [1.165, 1.54) is 0 Å². The lowest BCUT2D eigenvalue weighted by Gasteiger charge is -2.06. The molecule has 0 fully saturated rings. The van der Waals surface area contributed by atoms with E-state index in [0.29, 0.717) is 0 Å². The molecule has 2 aromatic carbocycles. The zero-order valence-electron chi connectivity index (χ0n) is 10.3. The van der Waals surface area contributed by atoms with Crippen LogP contribution >= 0.6 is 11.8 Å². The Balaban J connectivity index is 2.32. The standard InChI is InChI=1S/C15H12ClNO2/c1-9(15(18)19)10-6-7-12-11-4-2-3-5-13(11)17(16)14(12)8-10/h2-9H,1H3,(H,18,19). The summed E-state index contributed by atoms with van der Waals surface area (Å²) in [6.07, 6.45) is 0. The molecule has 3 rings (SSSR count). The smallest absolute Gasteiger partial charge is 0.310 e. The Labute approximate surface area is 115 Å². The first-order valence-electron chi connectivity index (χ1n) is 6.01. The first-order valence-corrected chi connectivity index (χ1v) is 6.35. The Morgan fingerprint density at radius 3 is 2.58 bits per heavy atom. The van der Waals surface area contributed by atoms with Gasteiger partial charge in [0.25, 0.3) is 0 Å². The zero-order valence-corrected chi connectivity index (χ0v) is 11.1. The number of fused-ring (bicyclic) bond motifs is 3. The molecule has 1 N–H and O–H groups in total. The van der Waals surface area contributed by atoms with Gasteiger partial charge in [-0.1, -0.05) is 30.3 Å². The Hall–Kier alpha value is -2.00. The van der Waals surface area contributed by atoms with Crippen LogP contribution in [0.3, 0.4) is 0 Å². The van der Waals surface area contributed by atoms with Crippen LogP contribution in [0.25, 0.3) is 21.8 Å². The molecule has 0 saturated carbocycles. The Bertz CT molecular complexity index is 791. The van der Waals surface area contributed by atoms with Crippen LogP contribution in [0.2, 0.25) is 0 Å². The molecule has 0 radical (unpaired) electrons. The fraction of sp³-hybridized carbons (Fsp3) is 0.133. The van der Waals surface area contributed by atoms with Crippen molar-refractivity contribution in [3.63, 3.8) is 0 Å². The maximum absolute atomic E-state index is 11.1. The molecule has 1 aromatic heterocycles. The van der Waals surface area contributed by atoms with E-state index in [2.05, 4.69) is 0 Å². The number of aromatic nitrogens is 1. The van der Waals surface area contributed by atoms with Crippen molar-refractivity contribution in [2.75, 3.05) is 0 Å². The van der Waals surface area contributed by atoms with Crippen molar-refractivity contribution < 1.29 is 9.90 Å². The van der Waals surface area contributed by atoms with Crippen molar-refractivity contribution >= 4 is 39.6 Å². The number of rotatable bonds is 2. The zero-order chi connectivity index (χ0) is 13.6. The molecule has 0 bridgehead atoms. The molecule has 4 heteroatoms. The number of hydrogen-bond acceptors (Lipinski definition) is 1. The van der Waals surface area contributed by atoms with E-state index in [-0.39, 0.29) is 0 Å². The molecule has 3 nitrogen and oxygen atoms in total. The molecule has 0 aliphatic carbocycles. The number of carbonyl (C=O) groups is 1. The molecule has 0 saturated heterocycles. The van der Waals surface area contributed by atoms with E-state index in [4.69, 9.17) is 16.9 Å². The number of carboxylic acid groups (broad SMARTS) is 1. The van der Waals surface area contributed by atoms with E-state index < -0.39 is 11.9 Å². The Morgan fingerprint density at radius 1 is 1.16 bits per heavy atom. The number of aliphatic carboxylic acids is 1. The van der Waals surface area contributed by atoms with Crippen molar-refractivity contribution in [1.29, 1.82) is 0 Å². The topological polar surface area (TPSA) is 42.2 Å². The lowest BCUT2D eigenvalue weighted by atomic mass is 10.00. The lowest BCUT2D eigenvalue weighted by Crippen LogP contribution is -2.07. The van der Waals surface area contributed by atoms with Gasteiger partial charge in [0, 0.05) is 22.5 Å². The van der Waals surface area contributed by atoms with Gasteiger partial charge in [0.05, 0.1) is 17.0 Å². The van der Waals surface area contributed by atoms with Crippen LogP contribution in [0.15, 0.2) is 42.5 Å².